The Hall–Kier alpha value is -3.69. The molecule has 1 aromatic heterocycles. The maximum absolute atomic E-state index is 12.6. The minimum absolute atomic E-state index is 0.128. The number of aromatic nitrogens is 1. The van der Waals surface area contributed by atoms with E-state index in [1.807, 2.05) is 31.2 Å². The van der Waals surface area contributed by atoms with Gasteiger partial charge < -0.3 is 15.2 Å². The highest BCUT2D eigenvalue weighted by atomic mass is 35.5. The lowest BCUT2D eigenvalue weighted by Crippen LogP contribution is -2.24. The number of fused-ring (bicyclic) bond motifs is 1. The Morgan fingerprint density at radius 3 is 2.86 bits per heavy atom. The number of halogens is 1. The van der Waals surface area contributed by atoms with Gasteiger partial charge in [0.05, 0.1) is 27.8 Å². The van der Waals surface area contributed by atoms with Crippen molar-refractivity contribution in [1.29, 1.82) is 0 Å². The number of nitrogens with one attached hydrogen (secondary N) is 1. The van der Waals surface area contributed by atoms with Crippen LogP contribution in [0, 0.1) is 0 Å². The Bertz CT molecular complexity index is 1410. The van der Waals surface area contributed by atoms with Gasteiger partial charge in [-0.25, -0.2) is 4.79 Å². The van der Waals surface area contributed by atoms with E-state index < -0.39 is 23.3 Å². The minimum Gasteiger partial charge on any atom is -0.493 e. The van der Waals surface area contributed by atoms with Crippen molar-refractivity contribution in [1.82, 2.24) is 4.57 Å². The average molecular weight is 512 g/mol. The minimum atomic E-state index is -0.582. The van der Waals surface area contributed by atoms with Gasteiger partial charge in [0.15, 0.2) is 0 Å². The summed E-state index contributed by atoms with van der Waals surface area (Å²) < 4.78 is 6.17. The summed E-state index contributed by atoms with van der Waals surface area (Å²) >= 11 is 6.94. The number of allylic oxidation sites excluding steroid dienone is 1. The molecule has 2 heterocycles. The van der Waals surface area contributed by atoms with E-state index in [1.54, 1.807) is 12.3 Å². The molecule has 1 amide bonds. The Balaban J connectivity index is 1.48. The fourth-order valence-electron chi connectivity index (χ4n) is 3.43. The third-order valence-corrected chi connectivity index (χ3v) is 6.49. The maximum Gasteiger partial charge on any atom is 0.339 e. The van der Waals surface area contributed by atoms with Crippen LogP contribution in [0.2, 0.25) is 5.02 Å². The van der Waals surface area contributed by atoms with E-state index in [2.05, 4.69) is 10.3 Å². The molecule has 0 aliphatic carbocycles. The Morgan fingerprint density at radius 2 is 2.06 bits per heavy atom. The molecule has 3 aromatic rings. The van der Waals surface area contributed by atoms with Crippen LogP contribution in [0.3, 0.4) is 0 Å². The number of aliphatic imine (C=N–C) groups is 1. The molecule has 0 saturated heterocycles. The molecule has 2 aromatic carbocycles. The normalized spacial score (nSPS) is 13.1. The Labute approximate surface area is 210 Å². The van der Waals surface area contributed by atoms with Gasteiger partial charge in [-0.05, 0) is 36.8 Å². The zero-order chi connectivity index (χ0) is 24.9. The van der Waals surface area contributed by atoms with Crippen molar-refractivity contribution in [3.63, 3.8) is 0 Å². The molecule has 35 heavy (non-hydrogen) atoms. The van der Waals surface area contributed by atoms with E-state index in [-0.39, 0.29) is 23.1 Å². The summed E-state index contributed by atoms with van der Waals surface area (Å²) in [6.45, 7) is 1.85. The zero-order valence-corrected chi connectivity index (χ0v) is 20.4. The molecule has 180 valence electrons. The van der Waals surface area contributed by atoms with Crippen LogP contribution >= 0.6 is 22.9 Å². The molecule has 0 saturated carbocycles. The van der Waals surface area contributed by atoms with Gasteiger partial charge in [-0.3, -0.25) is 19.1 Å². The van der Waals surface area contributed by atoms with E-state index in [0.717, 1.165) is 45.6 Å². The van der Waals surface area contributed by atoms with Gasteiger partial charge >= 0.3 is 10.8 Å². The number of benzene rings is 2. The number of carbonyl (C=O) groups excluding carboxylic acids is 2. The molecule has 8 nitrogen and oxygen atoms in total. The number of unbranched alkanes of at least 4 members (excludes halogenated alkanes) is 1. The third kappa shape index (κ3) is 5.52. The van der Waals surface area contributed by atoms with Crippen LogP contribution in [0.4, 0.5) is 11.4 Å². The molecule has 0 fully saturated rings. The number of nitrogens with zero attached hydrogens (tertiary/aromatic N) is 2. The van der Waals surface area contributed by atoms with Crippen LogP contribution in [0.5, 0.6) is 5.88 Å². The molecule has 0 atom stereocenters. The van der Waals surface area contributed by atoms with Crippen molar-refractivity contribution in [3.05, 3.63) is 73.2 Å². The quantitative estimate of drug-likeness (QED) is 0.322. The number of thiazole rings is 1. The highest BCUT2D eigenvalue weighted by Gasteiger charge is 2.19. The fourth-order valence-corrected chi connectivity index (χ4v) is 4.46. The summed E-state index contributed by atoms with van der Waals surface area (Å²) in [5.41, 5.74) is 2.90. The van der Waals surface area contributed by atoms with Crippen LogP contribution in [-0.4, -0.2) is 34.4 Å². The molecule has 0 bridgehead atoms. The summed E-state index contributed by atoms with van der Waals surface area (Å²) in [7, 11) is 0. The van der Waals surface area contributed by atoms with Crippen molar-refractivity contribution in [2.45, 2.75) is 26.3 Å². The molecule has 0 unspecified atom stereocenters. The van der Waals surface area contributed by atoms with Gasteiger partial charge in [-0.2, -0.15) is 0 Å². The Morgan fingerprint density at radius 1 is 1.26 bits per heavy atom. The monoisotopic (exact) mass is 511 g/mol. The average Bonchev–Trinajstić information content (AvgIpc) is 3.36. The number of anilines is 1. The van der Waals surface area contributed by atoms with Gasteiger partial charge in [0, 0.05) is 23.0 Å². The van der Waals surface area contributed by atoms with E-state index in [9.17, 15) is 19.5 Å². The Kier molecular flexibility index (Phi) is 7.48. The molecule has 0 radical (unpaired) electrons. The number of rotatable bonds is 8. The number of aromatic hydroxyl groups is 1. The van der Waals surface area contributed by atoms with Crippen molar-refractivity contribution < 1.29 is 19.4 Å². The van der Waals surface area contributed by atoms with Crippen LogP contribution in [-0.2, 0) is 16.1 Å². The number of carbonyl (C=O) groups is 2. The van der Waals surface area contributed by atoms with Crippen LogP contribution in [0.1, 0.15) is 40.6 Å². The highest BCUT2D eigenvalue weighted by molar-refractivity contribution is 7.10. The molecule has 2 N–H and O–H groups in total. The fraction of sp³-hybridized carbons (Fsp3) is 0.200. The molecular weight excluding hydrogens is 490 g/mol. The van der Waals surface area contributed by atoms with Crippen molar-refractivity contribution >= 4 is 64.1 Å². The number of hydrogen-bond acceptors (Lipinski definition) is 7. The molecule has 10 heteroatoms. The summed E-state index contributed by atoms with van der Waals surface area (Å²) in [6.07, 6.45) is 4.94. The summed E-state index contributed by atoms with van der Waals surface area (Å²) in [4.78, 5) is 41.5. The van der Waals surface area contributed by atoms with Crippen LogP contribution < -0.4 is 10.2 Å². The lowest BCUT2D eigenvalue weighted by atomic mass is 10.1. The topological polar surface area (TPSA) is 110 Å². The lowest BCUT2D eigenvalue weighted by molar-refractivity contribution is -0.116. The van der Waals surface area contributed by atoms with Gasteiger partial charge in [0.25, 0.3) is 0 Å². The first kappa shape index (κ1) is 24.4. The molecule has 4 rings (SSSR count). The number of amides is 1. The number of hydrogen-bond donors (Lipinski definition) is 2. The van der Waals surface area contributed by atoms with Crippen LogP contribution in [0.25, 0.3) is 11.6 Å². The molecule has 0 spiro atoms. The highest BCUT2D eigenvalue weighted by Crippen LogP contribution is 2.34. The number of ether oxygens (including phenoxy) is 1. The lowest BCUT2D eigenvalue weighted by Gasteiger charge is -2.10. The van der Waals surface area contributed by atoms with Crippen LogP contribution in [0.15, 0.2) is 52.3 Å². The second-order valence-electron chi connectivity index (χ2n) is 7.75. The first-order valence-electron chi connectivity index (χ1n) is 10.9. The van der Waals surface area contributed by atoms with E-state index in [0.29, 0.717) is 10.6 Å². The van der Waals surface area contributed by atoms with Crippen molar-refractivity contribution in [2.75, 3.05) is 11.9 Å². The predicted molar refractivity (Wildman–Crippen MR) is 138 cm³/mol. The molecule has 1 aliphatic rings. The summed E-state index contributed by atoms with van der Waals surface area (Å²) in [5.74, 6) is -1.45. The standard InChI is InChI=1S/C25H22ClN3O5S/c1-2-3-10-34-24(32)18-12-16(8-9-19(18)26)28-22(30)14-29-23(31)21(35-25(29)33)11-15-13-27-20-7-5-4-6-17(15)20/h4-9,11-13,31H,2-3,10,14H2,1H3,(H,28,30). The van der Waals surface area contributed by atoms with E-state index >= 15 is 0 Å². The SMILES string of the molecule is CCCCOC(=O)c1cc(NC(=O)Cn2c(O)c(C=C3C=Nc4ccccc43)sc2=O)ccc1Cl. The van der Waals surface area contributed by atoms with Gasteiger partial charge in [-0.1, -0.05) is 54.5 Å². The smallest absolute Gasteiger partial charge is 0.339 e. The predicted octanol–water partition coefficient (Wildman–Crippen LogP) is 5.12. The first-order chi connectivity index (χ1) is 16.9. The number of para-hydroxylation sites is 1. The zero-order valence-electron chi connectivity index (χ0n) is 18.8. The molecular formula is C25H22ClN3O5S. The van der Waals surface area contributed by atoms with Crippen molar-refractivity contribution in [3.8, 4) is 5.88 Å². The second-order valence-corrected chi connectivity index (χ2v) is 9.15. The van der Waals surface area contributed by atoms with E-state index in [1.165, 1.54) is 18.2 Å². The van der Waals surface area contributed by atoms with Gasteiger partial charge in [0.2, 0.25) is 11.8 Å². The first-order valence-corrected chi connectivity index (χ1v) is 12.1. The second kappa shape index (κ2) is 10.7. The largest absolute Gasteiger partial charge is 0.493 e. The van der Waals surface area contributed by atoms with Crippen molar-refractivity contribution in [2.24, 2.45) is 4.99 Å². The molecule has 1 aliphatic heterocycles. The third-order valence-electron chi connectivity index (χ3n) is 5.24. The van der Waals surface area contributed by atoms with E-state index in [4.69, 9.17) is 16.3 Å². The summed E-state index contributed by atoms with van der Waals surface area (Å²) in [5, 5.41) is 13.4. The number of esters is 1. The maximum atomic E-state index is 12.6. The van der Waals surface area contributed by atoms with Gasteiger partial charge in [-0.15, -0.1) is 0 Å². The summed E-state index contributed by atoms with van der Waals surface area (Å²) in [6, 6.07) is 12.0. The van der Waals surface area contributed by atoms with Gasteiger partial charge in [0.1, 0.15) is 6.54 Å².